The Morgan fingerprint density at radius 2 is 2.15 bits per heavy atom. The first-order valence-electron chi connectivity index (χ1n) is 6.50. The number of amides is 3. The van der Waals surface area contributed by atoms with Crippen LogP contribution < -0.4 is 10.6 Å². The van der Waals surface area contributed by atoms with E-state index in [0.717, 1.165) is 0 Å². The molecule has 0 spiro atoms. The summed E-state index contributed by atoms with van der Waals surface area (Å²) in [4.78, 5) is 28.7. The van der Waals surface area contributed by atoms with Gasteiger partial charge in [0, 0.05) is 27.1 Å². The molecular formula is C12H21N5O3. The first kappa shape index (κ1) is 15.9. The van der Waals surface area contributed by atoms with Crippen LogP contribution in [0.5, 0.6) is 0 Å². The van der Waals surface area contributed by atoms with Gasteiger partial charge >= 0.3 is 6.03 Å². The van der Waals surface area contributed by atoms with E-state index >= 15 is 0 Å². The third kappa shape index (κ3) is 4.52. The van der Waals surface area contributed by atoms with Gasteiger partial charge in [-0.1, -0.05) is 12.1 Å². The van der Waals surface area contributed by atoms with Crippen molar-refractivity contribution in [1.29, 1.82) is 0 Å². The molecule has 112 valence electrons. The molecule has 0 aliphatic carbocycles. The fraction of sp³-hybridized carbons (Fsp3) is 0.667. The molecule has 8 nitrogen and oxygen atoms in total. The number of urea groups is 1. The quantitative estimate of drug-likeness (QED) is 0.796. The molecule has 0 aliphatic rings. The van der Waals surface area contributed by atoms with Gasteiger partial charge in [-0.05, 0) is 13.3 Å². The zero-order valence-corrected chi connectivity index (χ0v) is 12.3. The number of nitrogens with zero attached hydrogens (tertiary/aromatic N) is 3. The maximum absolute atomic E-state index is 12.0. The average molecular weight is 283 g/mol. The van der Waals surface area contributed by atoms with Crippen molar-refractivity contribution in [2.24, 2.45) is 0 Å². The van der Waals surface area contributed by atoms with Crippen molar-refractivity contribution in [3.8, 4) is 0 Å². The van der Waals surface area contributed by atoms with E-state index in [1.165, 1.54) is 4.90 Å². The standard InChI is InChI=1S/C12H21N5O3/c1-5-9(11-14-8(2)16-20-11)15-12(19)17(4)7-6-10(18)13-3/h9H,5-7H2,1-4H3,(H,13,18)(H,15,19). The summed E-state index contributed by atoms with van der Waals surface area (Å²) in [6.45, 7) is 3.97. The van der Waals surface area contributed by atoms with Crippen molar-refractivity contribution >= 4 is 11.9 Å². The Kier molecular flexibility index (Phi) is 5.95. The summed E-state index contributed by atoms with van der Waals surface area (Å²) < 4.78 is 5.06. The number of hydrogen-bond donors (Lipinski definition) is 2. The summed E-state index contributed by atoms with van der Waals surface area (Å²) in [7, 11) is 3.19. The molecule has 0 radical (unpaired) electrons. The van der Waals surface area contributed by atoms with E-state index in [4.69, 9.17) is 4.52 Å². The van der Waals surface area contributed by atoms with Crippen LogP contribution in [0, 0.1) is 6.92 Å². The van der Waals surface area contributed by atoms with E-state index in [1.54, 1.807) is 21.0 Å². The highest BCUT2D eigenvalue weighted by Crippen LogP contribution is 2.14. The zero-order valence-electron chi connectivity index (χ0n) is 12.3. The molecular weight excluding hydrogens is 262 g/mol. The molecule has 1 aromatic rings. The summed E-state index contributed by atoms with van der Waals surface area (Å²) in [6, 6.07) is -0.609. The number of hydrogen-bond acceptors (Lipinski definition) is 5. The van der Waals surface area contributed by atoms with Crippen molar-refractivity contribution in [2.75, 3.05) is 20.6 Å². The molecule has 0 saturated heterocycles. The molecule has 8 heteroatoms. The largest absolute Gasteiger partial charge is 0.359 e. The molecule has 1 aromatic heterocycles. The molecule has 0 aromatic carbocycles. The number of carbonyl (C=O) groups is 2. The molecule has 1 unspecified atom stereocenters. The second-order valence-corrected chi connectivity index (χ2v) is 4.43. The van der Waals surface area contributed by atoms with Crippen LogP contribution >= 0.6 is 0 Å². The lowest BCUT2D eigenvalue weighted by Gasteiger charge is -2.20. The topological polar surface area (TPSA) is 100 Å². The number of nitrogens with one attached hydrogen (secondary N) is 2. The van der Waals surface area contributed by atoms with Gasteiger partial charge in [0.2, 0.25) is 11.8 Å². The lowest BCUT2D eigenvalue weighted by molar-refractivity contribution is -0.120. The molecule has 0 bridgehead atoms. The van der Waals surface area contributed by atoms with E-state index in [1.807, 2.05) is 6.92 Å². The summed E-state index contributed by atoms with van der Waals surface area (Å²) in [5.74, 6) is 0.808. The first-order valence-corrected chi connectivity index (χ1v) is 6.50. The van der Waals surface area contributed by atoms with Gasteiger partial charge in [0.25, 0.3) is 0 Å². The summed E-state index contributed by atoms with van der Waals surface area (Å²) in [5.41, 5.74) is 0. The maximum atomic E-state index is 12.0. The van der Waals surface area contributed by atoms with Crippen LogP contribution in [0.2, 0.25) is 0 Å². The number of carbonyl (C=O) groups excluding carboxylic acids is 2. The molecule has 1 rings (SSSR count). The predicted molar refractivity (Wildman–Crippen MR) is 71.9 cm³/mol. The van der Waals surface area contributed by atoms with Crippen LogP contribution in [0.3, 0.4) is 0 Å². The van der Waals surface area contributed by atoms with Crippen molar-refractivity contribution < 1.29 is 14.1 Å². The Morgan fingerprint density at radius 3 is 2.65 bits per heavy atom. The highest BCUT2D eigenvalue weighted by molar-refractivity contribution is 5.78. The van der Waals surface area contributed by atoms with Crippen LogP contribution in [0.25, 0.3) is 0 Å². The Labute approximate surface area is 117 Å². The van der Waals surface area contributed by atoms with Crippen molar-refractivity contribution in [1.82, 2.24) is 25.7 Å². The molecule has 0 fully saturated rings. The number of aryl methyl sites for hydroxylation is 1. The van der Waals surface area contributed by atoms with Crippen molar-refractivity contribution in [3.05, 3.63) is 11.7 Å². The fourth-order valence-corrected chi connectivity index (χ4v) is 1.55. The summed E-state index contributed by atoms with van der Waals surface area (Å²) in [6.07, 6.45) is 0.896. The third-order valence-corrected chi connectivity index (χ3v) is 2.85. The molecule has 1 heterocycles. The second-order valence-electron chi connectivity index (χ2n) is 4.43. The van der Waals surface area contributed by atoms with Gasteiger partial charge in [0.1, 0.15) is 6.04 Å². The first-order chi connectivity index (χ1) is 9.47. The van der Waals surface area contributed by atoms with Gasteiger partial charge in [-0.3, -0.25) is 4.79 Å². The minimum atomic E-state index is -0.328. The Balaban J connectivity index is 2.52. The Bertz CT molecular complexity index is 460. The molecule has 0 aliphatic heterocycles. The van der Waals surface area contributed by atoms with E-state index in [0.29, 0.717) is 24.7 Å². The SMILES string of the molecule is CCC(NC(=O)N(C)CCC(=O)NC)c1nc(C)no1. The number of rotatable bonds is 6. The third-order valence-electron chi connectivity index (χ3n) is 2.85. The molecule has 3 amide bonds. The average Bonchev–Trinajstić information content (AvgIpc) is 2.87. The van der Waals surface area contributed by atoms with Gasteiger partial charge in [-0.25, -0.2) is 4.79 Å². The second kappa shape index (κ2) is 7.46. The maximum Gasteiger partial charge on any atom is 0.317 e. The normalized spacial score (nSPS) is 11.8. The molecule has 1 atom stereocenters. The minimum Gasteiger partial charge on any atom is -0.359 e. The van der Waals surface area contributed by atoms with Crippen LogP contribution in [0.4, 0.5) is 4.79 Å². The van der Waals surface area contributed by atoms with Crippen LogP contribution in [-0.2, 0) is 4.79 Å². The smallest absolute Gasteiger partial charge is 0.317 e. The Hall–Kier alpha value is -2.12. The van der Waals surface area contributed by atoms with E-state index < -0.39 is 0 Å². The van der Waals surface area contributed by atoms with Gasteiger partial charge in [0.05, 0.1) is 0 Å². The lowest BCUT2D eigenvalue weighted by atomic mass is 10.2. The fourth-order valence-electron chi connectivity index (χ4n) is 1.55. The van der Waals surface area contributed by atoms with Gasteiger partial charge < -0.3 is 20.1 Å². The van der Waals surface area contributed by atoms with E-state index in [9.17, 15) is 9.59 Å². The highest BCUT2D eigenvalue weighted by Gasteiger charge is 2.20. The Morgan fingerprint density at radius 1 is 1.45 bits per heavy atom. The molecule has 2 N–H and O–H groups in total. The minimum absolute atomic E-state index is 0.107. The molecule has 20 heavy (non-hydrogen) atoms. The number of aromatic nitrogens is 2. The van der Waals surface area contributed by atoms with Crippen LogP contribution in [0.1, 0.15) is 37.5 Å². The van der Waals surface area contributed by atoms with Crippen molar-refractivity contribution in [2.45, 2.75) is 32.7 Å². The van der Waals surface area contributed by atoms with Gasteiger partial charge in [-0.2, -0.15) is 4.98 Å². The summed E-state index contributed by atoms with van der Waals surface area (Å²) in [5, 5.41) is 9.01. The van der Waals surface area contributed by atoms with Gasteiger partial charge in [0.15, 0.2) is 5.82 Å². The van der Waals surface area contributed by atoms with E-state index in [-0.39, 0.29) is 24.4 Å². The lowest BCUT2D eigenvalue weighted by Crippen LogP contribution is -2.40. The monoisotopic (exact) mass is 283 g/mol. The van der Waals surface area contributed by atoms with Gasteiger partial charge in [-0.15, -0.1) is 0 Å². The predicted octanol–water partition coefficient (Wildman–Crippen LogP) is 0.607. The van der Waals surface area contributed by atoms with Crippen molar-refractivity contribution in [3.63, 3.8) is 0 Å². The van der Waals surface area contributed by atoms with Crippen LogP contribution in [0.15, 0.2) is 4.52 Å². The molecule has 0 saturated carbocycles. The van der Waals surface area contributed by atoms with E-state index in [2.05, 4.69) is 20.8 Å². The zero-order chi connectivity index (χ0) is 15.1. The highest BCUT2D eigenvalue weighted by atomic mass is 16.5. The van der Waals surface area contributed by atoms with Crippen LogP contribution in [-0.4, -0.2) is 47.6 Å². The summed E-state index contributed by atoms with van der Waals surface area (Å²) >= 11 is 0.